The summed E-state index contributed by atoms with van der Waals surface area (Å²) in [4.78, 5) is 7.85. The average molecular weight is 304 g/mol. The quantitative estimate of drug-likeness (QED) is 0.894. The SMILES string of the molecule is CC.CC.FC(F)Oc1cnc(NC2CCNCC2)nc1. The number of alkyl halides is 2. The van der Waals surface area contributed by atoms with Crippen LogP contribution in [0.3, 0.4) is 0 Å². The first-order valence-electron chi connectivity index (χ1n) is 7.48. The van der Waals surface area contributed by atoms with Crippen molar-refractivity contribution in [2.24, 2.45) is 0 Å². The normalized spacial score (nSPS) is 14.4. The van der Waals surface area contributed by atoms with E-state index >= 15 is 0 Å². The van der Waals surface area contributed by atoms with Crippen molar-refractivity contribution in [2.75, 3.05) is 18.4 Å². The second-order valence-electron chi connectivity index (χ2n) is 3.79. The van der Waals surface area contributed by atoms with Crippen molar-refractivity contribution in [2.45, 2.75) is 53.2 Å². The molecule has 0 amide bonds. The van der Waals surface area contributed by atoms with Gasteiger partial charge in [0, 0.05) is 6.04 Å². The van der Waals surface area contributed by atoms with Crippen molar-refractivity contribution < 1.29 is 13.5 Å². The Hall–Kier alpha value is -1.50. The van der Waals surface area contributed by atoms with E-state index in [1.54, 1.807) is 0 Å². The van der Waals surface area contributed by atoms with Gasteiger partial charge in [0.2, 0.25) is 5.95 Å². The van der Waals surface area contributed by atoms with Gasteiger partial charge >= 0.3 is 6.61 Å². The second-order valence-corrected chi connectivity index (χ2v) is 3.79. The molecule has 2 rings (SSSR count). The zero-order chi connectivity index (χ0) is 16.1. The van der Waals surface area contributed by atoms with Gasteiger partial charge in [-0.25, -0.2) is 9.97 Å². The number of anilines is 1. The molecule has 1 aromatic rings. The number of piperidine rings is 1. The molecule has 1 aliphatic rings. The maximum atomic E-state index is 11.9. The van der Waals surface area contributed by atoms with Crippen LogP contribution in [0.2, 0.25) is 0 Å². The van der Waals surface area contributed by atoms with E-state index < -0.39 is 6.61 Å². The molecular weight excluding hydrogens is 278 g/mol. The number of nitrogens with one attached hydrogen (secondary N) is 2. The zero-order valence-electron chi connectivity index (χ0n) is 13.2. The van der Waals surface area contributed by atoms with Gasteiger partial charge in [-0.15, -0.1) is 0 Å². The summed E-state index contributed by atoms with van der Waals surface area (Å²) in [5.74, 6) is 0.411. The highest BCUT2D eigenvalue weighted by Crippen LogP contribution is 2.13. The van der Waals surface area contributed by atoms with E-state index in [-0.39, 0.29) is 5.75 Å². The lowest BCUT2D eigenvalue weighted by Gasteiger charge is -2.23. The minimum Gasteiger partial charge on any atom is -0.432 e. The van der Waals surface area contributed by atoms with Crippen molar-refractivity contribution in [3.63, 3.8) is 0 Å². The summed E-state index contributed by atoms with van der Waals surface area (Å²) >= 11 is 0. The Balaban J connectivity index is 0.000000921. The lowest BCUT2D eigenvalue weighted by Crippen LogP contribution is -2.35. The van der Waals surface area contributed by atoms with Crippen LogP contribution in [0.4, 0.5) is 14.7 Å². The van der Waals surface area contributed by atoms with Crippen LogP contribution in [0.25, 0.3) is 0 Å². The second kappa shape index (κ2) is 12.3. The summed E-state index contributed by atoms with van der Waals surface area (Å²) in [7, 11) is 0. The molecule has 1 aromatic heterocycles. The molecule has 1 saturated heterocycles. The third-order valence-electron chi connectivity index (χ3n) is 2.53. The Morgan fingerprint density at radius 3 is 2.14 bits per heavy atom. The van der Waals surface area contributed by atoms with Gasteiger partial charge in [0.1, 0.15) is 0 Å². The maximum Gasteiger partial charge on any atom is 0.387 e. The molecule has 0 bridgehead atoms. The fourth-order valence-corrected chi connectivity index (χ4v) is 1.70. The number of rotatable bonds is 4. The number of halogens is 2. The fraction of sp³-hybridized carbons (Fsp3) is 0.714. The molecule has 0 saturated carbocycles. The van der Waals surface area contributed by atoms with E-state index in [0.29, 0.717) is 12.0 Å². The van der Waals surface area contributed by atoms with E-state index in [1.165, 1.54) is 12.4 Å². The van der Waals surface area contributed by atoms with Crippen LogP contribution >= 0.6 is 0 Å². The summed E-state index contributed by atoms with van der Waals surface area (Å²) in [6.07, 6.45) is 4.47. The summed E-state index contributed by atoms with van der Waals surface area (Å²) < 4.78 is 27.9. The van der Waals surface area contributed by atoms with Crippen molar-refractivity contribution in [3.05, 3.63) is 12.4 Å². The first-order valence-corrected chi connectivity index (χ1v) is 7.48. The van der Waals surface area contributed by atoms with Crippen molar-refractivity contribution in [3.8, 4) is 5.75 Å². The van der Waals surface area contributed by atoms with Crippen LogP contribution in [0.1, 0.15) is 40.5 Å². The van der Waals surface area contributed by atoms with Crippen LogP contribution < -0.4 is 15.4 Å². The average Bonchev–Trinajstić information content (AvgIpc) is 2.54. The molecule has 0 radical (unpaired) electrons. The summed E-state index contributed by atoms with van der Waals surface area (Å²) in [5, 5.41) is 6.40. The maximum absolute atomic E-state index is 11.9. The van der Waals surface area contributed by atoms with Crippen molar-refractivity contribution in [1.29, 1.82) is 0 Å². The summed E-state index contributed by atoms with van der Waals surface area (Å²) in [5.41, 5.74) is 0. The molecule has 7 heteroatoms. The minimum absolute atomic E-state index is 0.0316. The summed E-state index contributed by atoms with van der Waals surface area (Å²) in [6, 6.07) is 0.332. The van der Waals surface area contributed by atoms with Gasteiger partial charge in [-0.3, -0.25) is 0 Å². The predicted molar refractivity (Wildman–Crippen MR) is 80.9 cm³/mol. The molecule has 1 fully saturated rings. The number of hydrogen-bond acceptors (Lipinski definition) is 5. The van der Waals surface area contributed by atoms with Gasteiger partial charge in [-0.2, -0.15) is 8.78 Å². The Morgan fingerprint density at radius 2 is 1.67 bits per heavy atom. The van der Waals surface area contributed by atoms with E-state index in [1.807, 2.05) is 27.7 Å². The molecular formula is C14H26F2N4O. The lowest BCUT2D eigenvalue weighted by atomic mass is 10.1. The smallest absolute Gasteiger partial charge is 0.387 e. The lowest BCUT2D eigenvalue weighted by molar-refractivity contribution is -0.0503. The molecule has 0 aliphatic carbocycles. The fourth-order valence-electron chi connectivity index (χ4n) is 1.70. The number of aromatic nitrogens is 2. The third-order valence-corrected chi connectivity index (χ3v) is 2.53. The van der Waals surface area contributed by atoms with Crippen LogP contribution in [0.15, 0.2) is 12.4 Å². The summed E-state index contributed by atoms with van der Waals surface area (Å²) in [6.45, 7) is 7.08. The largest absolute Gasteiger partial charge is 0.432 e. The molecule has 5 nitrogen and oxygen atoms in total. The molecule has 1 aliphatic heterocycles. The molecule has 2 heterocycles. The number of hydrogen-bond donors (Lipinski definition) is 2. The molecule has 21 heavy (non-hydrogen) atoms. The van der Waals surface area contributed by atoms with Gasteiger partial charge in [-0.1, -0.05) is 27.7 Å². The topological polar surface area (TPSA) is 59.1 Å². The number of ether oxygens (including phenoxy) is 1. The van der Waals surface area contributed by atoms with Crippen LogP contribution in [0, 0.1) is 0 Å². The highest BCUT2D eigenvalue weighted by molar-refractivity contribution is 5.28. The van der Waals surface area contributed by atoms with Crippen molar-refractivity contribution in [1.82, 2.24) is 15.3 Å². The van der Waals surface area contributed by atoms with E-state index in [0.717, 1.165) is 25.9 Å². The van der Waals surface area contributed by atoms with Gasteiger partial charge in [-0.05, 0) is 25.9 Å². The minimum atomic E-state index is -2.85. The van der Waals surface area contributed by atoms with Crippen molar-refractivity contribution >= 4 is 5.95 Å². The van der Waals surface area contributed by atoms with Gasteiger partial charge < -0.3 is 15.4 Å². The Labute approximate surface area is 125 Å². The Bertz CT molecular complexity index is 343. The van der Waals surface area contributed by atoms with E-state index in [2.05, 4.69) is 25.3 Å². The monoisotopic (exact) mass is 304 g/mol. The molecule has 0 unspecified atom stereocenters. The van der Waals surface area contributed by atoms with Gasteiger partial charge in [0.15, 0.2) is 5.75 Å². The van der Waals surface area contributed by atoms with Crippen LogP contribution in [-0.2, 0) is 0 Å². The molecule has 0 spiro atoms. The zero-order valence-corrected chi connectivity index (χ0v) is 13.2. The first kappa shape index (κ1) is 19.5. The number of nitrogens with zero attached hydrogens (tertiary/aromatic N) is 2. The third kappa shape index (κ3) is 8.39. The molecule has 122 valence electrons. The highest BCUT2D eigenvalue weighted by atomic mass is 19.3. The molecule has 0 aromatic carbocycles. The highest BCUT2D eigenvalue weighted by Gasteiger charge is 2.13. The van der Waals surface area contributed by atoms with Gasteiger partial charge in [0.25, 0.3) is 0 Å². The Kier molecular flexibility index (Phi) is 11.4. The predicted octanol–water partition coefficient (Wildman–Crippen LogP) is 3.29. The van der Waals surface area contributed by atoms with E-state index in [4.69, 9.17) is 0 Å². The standard InChI is InChI=1S/C10H14F2N4O.2C2H6/c11-9(12)17-8-5-14-10(15-6-8)16-7-1-3-13-4-2-7;2*1-2/h5-7,9,13H,1-4H2,(H,14,15,16);2*1-2H3. The van der Waals surface area contributed by atoms with Crippen LogP contribution in [0.5, 0.6) is 5.75 Å². The van der Waals surface area contributed by atoms with Gasteiger partial charge in [0.05, 0.1) is 12.4 Å². The molecule has 2 N–H and O–H groups in total. The first-order chi connectivity index (χ1) is 10.2. The molecule has 0 atom stereocenters. The van der Waals surface area contributed by atoms with Crippen LogP contribution in [-0.4, -0.2) is 35.7 Å². The Morgan fingerprint density at radius 1 is 1.14 bits per heavy atom. The van der Waals surface area contributed by atoms with E-state index in [9.17, 15) is 8.78 Å².